The van der Waals surface area contributed by atoms with Gasteiger partial charge in [-0.15, -0.1) is 0 Å². The molecule has 0 amide bonds. The summed E-state index contributed by atoms with van der Waals surface area (Å²) in [6, 6.07) is 2.54. The van der Waals surface area contributed by atoms with Crippen molar-refractivity contribution < 1.29 is 17.9 Å². The van der Waals surface area contributed by atoms with Crippen molar-refractivity contribution in [3.63, 3.8) is 0 Å². The summed E-state index contributed by atoms with van der Waals surface area (Å²) >= 11 is 0. The molecule has 0 saturated carbocycles. The van der Waals surface area contributed by atoms with E-state index >= 15 is 0 Å². The Bertz CT molecular complexity index is 918. The van der Waals surface area contributed by atoms with Gasteiger partial charge in [0.25, 0.3) is 0 Å². The molecule has 4 rings (SSSR count). The smallest absolute Gasteiger partial charge is 0.379 e. The van der Waals surface area contributed by atoms with Gasteiger partial charge in [0.2, 0.25) is 0 Å². The van der Waals surface area contributed by atoms with E-state index in [-0.39, 0.29) is 0 Å². The van der Waals surface area contributed by atoms with Gasteiger partial charge in [-0.1, -0.05) is 0 Å². The van der Waals surface area contributed by atoms with Gasteiger partial charge in [0.15, 0.2) is 5.65 Å². The van der Waals surface area contributed by atoms with E-state index in [1.165, 1.54) is 12.3 Å². The van der Waals surface area contributed by atoms with Crippen molar-refractivity contribution in [2.24, 2.45) is 0 Å². The van der Waals surface area contributed by atoms with E-state index in [9.17, 15) is 13.2 Å². The van der Waals surface area contributed by atoms with Gasteiger partial charge in [0, 0.05) is 49.4 Å². The average Bonchev–Trinajstić information content (AvgIpc) is 3.05. The zero-order chi connectivity index (χ0) is 18.1. The molecule has 0 atom stereocenters. The Labute approximate surface area is 147 Å². The molecule has 9 heteroatoms. The third kappa shape index (κ3) is 3.40. The molecule has 3 aromatic rings. The number of halogens is 3. The second kappa shape index (κ2) is 6.65. The molecule has 1 aliphatic rings. The number of ether oxygens (including phenoxy) is 1. The molecule has 0 aromatic carbocycles. The van der Waals surface area contributed by atoms with E-state index in [0.717, 1.165) is 37.5 Å². The van der Waals surface area contributed by atoms with Gasteiger partial charge in [-0.2, -0.15) is 18.3 Å². The van der Waals surface area contributed by atoms with Crippen LogP contribution in [0.25, 0.3) is 16.8 Å². The SMILES string of the molecule is FC(F)(F)c1cc(-c2cnn3cc(CN4CCOCC4)cnc23)ccn1. The number of fused-ring (bicyclic) bond motifs is 1. The van der Waals surface area contributed by atoms with Crippen molar-refractivity contribution in [2.75, 3.05) is 26.3 Å². The maximum atomic E-state index is 12.9. The predicted molar refractivity (Wildman–Crippen MR) is 87.3 cm³/mol. The topological polar surface area (TPSA) is 55.5 Å². The predicted octanol–water partition coefficient (Wildman–Crippen LogP) is 2.64. The van der Waals surface area contributed by atoms with E-state index in [1.807, 2.05) is 6.20 Å². The number of rotatable bonds is 3. The van der Waals surface area contributed by atoms with Crippen molar-refractivity contribution in [2.45, 2.75) is 12.7 Å². The highest BCUT2D eigenvalue weighted by atomic mass is 19.4. The van der Waals surface area contributed by atoms with Crippen LogP contribution in [0.3, 0.4) is 0 Å². The van der Waals surface area contributed by atoms with Crippen LogP contribution in [0.2, 0.25) is 0 Å². The number of hydrogen-bond acceptors (Lipinski definition) is 5. The summed E-state index contributed by atoms with van der Waals surface area (Å²) in [6.45, 7) is 3.88. The third-order valence-corrected chi connectivity index (χ3v) is 4.28. The normalized spacial score (nSPS) is 16.3. The highest BCUT2D eigenvalue weighted by Crippen LogP contribution is 2.31. The average molecular weight is 363 g/mol. The molecule has 0 N–H and O–H groups in total. The Morgan fingerprint density at radius 3 is 2.69 bits per heavy atom. The van der Waals surface area contributed by atoms with E-state index < -0.39 is 11.9 Å². The summed E-state index contributed by atoms with van der Waals surface area (Å²) in [4.78, 5) is 10.1. The van der Waals surface area contributed by atoms with Crippen LogP contribution in [0.1, 0.15) is 11.3 Å². The Morgan fingerprint density at radius 1 is 1.12 bits per heavy atom. The lowest BCUT2D eigenvalue weighted by Crippen LogP contribution is -2.35. The molecule has 0 unspecified atom stereocenters. The second-order valence-corrected chi connectivity index (χ2v) is 6.10. The fourth-order valence-corrected chi connectivity index (χ4v) is 2.97. The minimum Gasteiger partial charge on any atom is -0.379 e. The van der Waals surface area contributed by atoms with Gasteiger partial charge < -0.3 is 4.74 Å². The lowest BCUT2D eigenvalue weighted by atomic mass is 10.1. The minimum atomic E-state index is -4.49. The van der Waals surface area contributed by atoms with E-state index in [2.05, 4.69) is 20.0 Å². The molecule has 4 heterocycles. The van der Waals surface area contributed by atoms with Gasteiger partial charge in [-0.3, -0.25) is 9.88 Å². The zero-order valence-electron chi connectivity index (χ0n) is 13.8. The molecule has 26 heavy (non-hydrogen) atoms. The highest BCUT2D eigenvalue weighted by Gasteiger charge is 2.32. The summed E-state index contributed by atoms with van der Waals surface area (Å²) < 4.78 is 45.6. The molecule has 3 aromatic heterocycles. The zero-order valence-corrected chi connectivity index (χ0v) is 13.8. The van der Waals surface area contributed by atoms with Crippen LogP contribution in [0.15, 0.2) is 36.9 Å². The van der Waals surface area contributed by atoms with Gasteiger partial charge in [0.05, 0.1) is 19.4 Å². The van der Waals surface area contributed by atoms with Crippen molar-refractivity contribution in [3.8, 4) is 11.1 Å². The number of nitrogens with zero attached hydrogens (tertiary/aromatic N) is 5. The van der Waals surface area contributed by atoms with Crippen LogP contribution in [0.4, 0.5) is 13.2 Å². The number of hydrogen-bond donors (Lipinski definition) is 0. The van der Waals surface area contributed by atoms with Crippen molar-refractivity contribution in [3.05, 3.63) is 48.2 Å². The number of alkyl halides is 3. The fraction of sp³-hybridized carbons (Fsp3) is 0.353. The molecule has 1 saturated heterocycles. The molecule has 0 bridgehead atoms. The minimum absolute atomic E-state index is 0.385. The van der Waals surface area contributed by atoms with Crippen LogP contribution >= 0.6 is 0 Å². The van der Waals surface area contributed by atoms with Crippen LogP contribution in [-0.2, 0) is 17.5 Å². The number of aromatic nitrogens is 4. The molecular weight excluding hydrogens is 347 g/mol. The summed E-state index contributed by atoms with van der Waals surface area (Å²) in [6.07, 6.45) is 1.78. The maximum absolute atomic E-state index is 12.9. The molecule has 1 fully saturated rings. The van der Waals surface area contributed by atoms with Gasteiger partial charge in [-0.05, 0) is 17.7 Å². The van der Waals surface area contributed by atoms with E-state index in [1.54, 1.807) is 10.7 Å². The van der Waals surface area contributed by atoms with Crippen LogP contribution in [0, 0.1) is 0 Å². The monoisotopic (exact) mass is 363 g/mol. The fourth-order valence-electron chi connectivity index (χ4n) is 2.97. The quantitative estimate of drug-likeness (QED) is 0.716. The lowest BCUT2D eigenvalue weighted by Gasteiger charge is -2.26. The lowest BCUT2D eigenvalue weighted by molar-refractivity contribution is -0.141. The Morgan fingerprint density at radius 2 is 1.92 bits per heavy atom. The Balaban J connectivity index is 1.63. The number of pyridine rings is 1. The van der Waals surface area contributed by atoms with Gasteiger partial charge in [-0.25, -0.2) is 9.50 Å². The van der Waals surface area contributed by atoms with Crippen molar-refractivity contribution in [1.29, 1.82) is 0 Å². The van der Waals surface area contributed by atoms with Crippen LogP contribution in [0.5, 0.6) is 0 Å². The summed E-state index contributed by atoms with van der Waals surface area (Å²) in [5, 5.41) is 4.25. The van der Waals surface area contributed by atoms with Crippen molar-refractivity contribution in [1.82, 2.24) is 24.5 Å². The molecule has 1 aliphatic heterocycles. The Kier molecular flexibility index (Phi) is 4.33. The third-order valence-electron chi connectivity index (χ3n) is 4.28. The molecular formula is C17H16F3N5O. The van der Waals surface area contributed by atoms with Gasteiger partial charge in [0.1, 0.15) is 5.69 Å². The molecule has 6 nitrogen and oxygen atoms in total. The van der Waals surface area contributed by atoms with Crippen LogP contribution in [-0.4, -0.2) is 50.8 Å². The molecule has 0 aliphatic carbocycles. The first-order valence-electron chi connectivity index (χ1n) is 8.17. The van der Waals surface area contributed by atoms with E-state index in [4.69, 9.17) is 4.74 Å². The number of morpholine rings is 1. The first kappa shape index (κ1) is 16.9. The van der Waals surface area contributed by atoms with E-state index in [0.29, 0.717) is 30.0 Å². The second-order valence-electron chi connectivity index (χ2n) is 6.10. The Hall–Kier alpha value is -2.52. The van der Waals surface area contributed by atoms with Crippen molar-refractivity contribution >= 4 is 5.65 Å². The van der Waals surface area contributed by atoms with Crippen LogP contribution < -0.4 is 0 Å². The first-order chi connectivity index (χ1) is 12.5. The largest absolute Gasteiger partial charge is 0.433 e. The highest BCUT2D eigenvalue weighted by molar-refractivity contribution is 5.76. The first-order valence-corrected chi connectivity index (χ1v) is 8.17. The summed E-state index contributed by atoms with van der Waals surface area (Å²) in [7, 11) is 0. The summed E-state index contributed by atoms with van der Waals surface area (Å²) in [5.41, 5.74) is 1.49. The maximum Gasteiger partial charge on any atom is 0.433 e. The van der Waals surface area contributed by atoms with Gasteiger partial charge >= 0.3 is 6.18 Å². The standard InChI is InChI=1S/C17H16F3N5O/c18-17(19,20)15-7-13(1-2-21-15)14-9-23-25-11-12(8-22-16(14)25)10-24-3-5-26-6-4-24/h1-2,7-9,11H,3-6,10H2. The summed E-state index contributed by atoms with van der Waals surface area (Å²) in [5.74, 6) is 0. The molecule has 0 radical (unpaired) electrons. The molecule has 0 spiro atoms. The molecule has 136 valence electrons.